The van der Waals surface area contributed by atoms with Crippen molar-refractivity contribution in [2.75, 3.05) is 18.4 Å². The number of nitrogens with one attached hydrogen (secondary N) is 1. The third-order valence-corrected chi connectivity index (χ3v) is 5.15. The van der Waals surface area contributed by atoms with Gasteiger partial charge in [0.15, 0.2) is 0 Å². The van der Waals surface area contributed by atoms with E-state index in [4.69, 9.17) is 0 Å². The van der Waals surface area contributed by atoms with Crippen LogP contribution in [-0.4, -0.2) is 29.8 Å². The zero-order valence-corrected chi connectivity index (χ0v) is 14.4. The van der Waals surface area contributed by atoms with E-state index in [1.165, 1.54) is 6.42 Å². The molecule has 2 aliphatic rings. The molecule has 2 fully saturated rings. The van der Waals surface area contributed by atoms with Crippen molar-refractivity contribution in [3.63, 3.8) is 0 Å². The lowest BCUT2D eigenvalue weighted by Crippen LogP contribution is -2.37. The maximum Gasteiger partial charge on any atom is 0.228 e. The Morgan fingerprint density at radius 1 is 1.18 bits per heavy atom. The molecule has 4 nitrogen and oxygen atoms in total. The summed E-state index contributed by atoms with van der Waals surface area (Å²) in [5.41, 5.74) is 1.90. The molecule has 1 aromatic rings. The molecule has 0 aromatic heterocycles. The van der Waals surface area contributed by atoms with E-state index in [0.29, 0.717) is 6.42 Å². The molecule has 0 radical (unpaired) electrons. The van der Waals surface area contributed by atoms with Crippen LogP contribution < -0.4 is 5.32 Å². The van der Waals surface area contributed by atoms with Gasteiger partial charge in [-0.2, -0.15) is 0 Å². The molecule has 2 amide bonds. The largest absolute Gasteiger partial charge is 0.342 e. The predicted octanol–water partition coefficient (Wildman–Crippen LogP) is 3.34. The number of nitrogens with zero attached hydrogens (tertiary/aromatic N) is 1. The average Bonchev–Trinajstić information content (AvgIpc) is 3.31. The van der Waals surface area contributed by atoms with Gasteiger partial charge in [-0.05, 0) is 66.2 Å². The first-order valence-electron chi connectivity index (χ1n) is 7.92. The monoisotopic (exact) mass is 364 g/mol. The molecule has 1 saturated heterocycles. The molecule has 5 heteroatoms. The zero-order valence-electron chi connectivity index (χ0n) is 12.8. The van der Waals surface area contributed by atoms with Crippen LogP contribution in [0.4, 0.5) is 5.69 Å². The second-order valence-corrected chi connectivity index (χ2v) is 7.16. The highest BCUT2D eigenvalue weighted by molar-refractivity contribution is 9.10. The summed E-state index contributed by atoms with van der Waals surface area (Å²) < 4.78 is 0.875. The molecular formula is C17H21BrN2O2. The predicted molar refractivity (Wildman–Crippen MR) is 89.5 cm³/mol. The number of hydrogen-bond donors (Lipinski definition) is 1. The molecule has 2 atom stereocenters. The topological polar surface area (TPSA) is 49.4 Å². The summed E-state index contributed by atoms with van der Waals surface area (Å²) in [6.45, 7) is 3.71. The number of carbonyl (C=O) groups is 2. The number of aryl methyl sites for hydroxylation is 1. The quantitative estimate of drug-likeness (QED) is 0.893. The minimum atomic E-state index is -0.164. The third-order valence-electron chi connectivity index (χ3n) is 4.49. The standard InChI is InChI=1S/C17H21BrN2O2/c1-11-5-6-15(14(18)9-11)19-16(21)12-10-13(12)17(22)20-7-3-2-4-8-20/h5-6,9,12-13H,2-4,7-8,10H2,1H3,(H,19,21). The van der Waals surface area contributed by atoms with E-state index in [0.717, 1.165) is 41.7 Å². The van der Waals surface area contributed by atoms with Gasteiger partial charge < -0.3 is 10.2 Å². The highest BCUT2D eigenvalue weighted by atomic mass is 79.9. The second-order valence-electron chi connectivity index (χ2n) is 6.31. The van der Waals surface area contributed by atoms with Gasteiger partial charge in [-0.1, -0.05) is 6.07 Å². The first-order valence-corrected chi connectivity index (χ1v) is 8.71. The van der Waals surface area contributed by atoms with Crippen molar-refractivity contribution in [1.82, 2.24) is 4.90 Å². The van der Waals surface area contributed by atoms with Gasteiger partial charge >= 0.3 is 0 Å². The molecular weight excluding hydrogens is 344 g/mol. The van der Waals surface area contributed by atoms with Gasteiger partial charge in [0.25, 0.3) is 0 Å². The minimum absolute atomic E-state index is 0.0417. The number of likely N-dealkylation sites (tertiary alicyclic amines) is 1. The van der Waals surface area contributed by atoms with Crippen molar-refractivity contribution in [2.24, 2.45) is 11.8 Å². The number of hydrogen-bond acceptors (Lipinski definition) is 2. The van der Waals surface area contributed by atoms with Gasteiger partial charge in [0, 0.05) is 17.6 Å². The number of rotatable bonds is 3. The summed E-state index contributed by atoms with van der Waals surface area (Å²) in [5, 5.41) is 2.93. The lowest BCUT2D eigenvalue weighted by molar-refractivity contribution is -0.134. The summed E-state index contributed by atoms with van der Waals surface area (Å²) in [6, 6.07) is 5.82. The molecule has 1 N–H and O–H groups in total. The van der Waals surface area contributed by atoms with Gasteiger partial charge in [-0.25, -0.2) is 0 Å². The maximum atomic E-state index is 12.4. The van der Waals surface area contributed by atoms with Crippen LogP contribution in [0.3, 0.4) is 0 Å². The number of carbonyl (C=O) groups excluding carboxylic acids is 2. The van der Waals surface area contributed by atoms with Crippen LogP contribution in [0, 0.1) is 18.8 Å². The van der Waals surface area contributed by atoms with Crippen LogP contribution in [-0.2, 0) is 9.59 Å². The Morgan fingerprint density at radius 3 is 2.59 bits per heavy atom. The summed E-state index contributed by atoms with van der Waals surface area (Å²) in [6.07, 6.45) is 4.07. The third kappa shape index (κ3) is 3.35. The van der Waals surface area contributed by atoms with Gasteiger partial charge in [0.2, 0.25) is 11.8 Å². The Morgan fingerprint density at radius 2 is 1.91 bits per heavy atom. The van der Waals surface area contributed by atoms with E-state index in [1.54, 1.807) is 0 Å². The lowest BCUT2D eigenvalue weighted by Gasteiger charge is -2.26. The molecule has 2 unspecified atom stereocenters. The summed E-state index contributed by atoms with van der Waals surface area (Å²) in [5.74, 6) is -0.146. The fraction of sp³-hybridized carbons (Fsp3) is 0.529. The molecule has 118 valence electrons. The Kier molecular flexibility index (Phi) is 4.52. The van der Waals surface area contributed by atoms with Crippen LogP contribution in [0.2, 0.25) is 0 Å². The Bertz CT molecular complexity index is 596. The van der Waals surface area contributed by atoms with Crippen LogP contribution >= 0.6 is 15.9 Å². The Balaban J connectivity index is 1.57. The molecule has 1 aromatic carbocycles. The van der Waals surface area contributed by atoms with Gasteiger partial charge in [0.05, 0.1) is 17.5 Å². The SMILES string of the molecule is Cc1ccc(NC(=O)C2CC2C(=O)N2CCCCC2)c(Br)c1. The minimum Gasteiger partial charge on any atom is -0.342 e. The molecule has 1 aliphatic heterocycles. The first-order chi connectivity index (χ1) is 10.6. The van der Waals surface area contributed by atoms with Crippen molar-refractivity contribution in [3.05, 3.63) is 28.2 Å². The van der Waals surface area contributed by atoms with Gasteiger partial charge in [-0.15, -0.1) is 0 Å². The van der Waals surface area contributed by atoms with Crippen LogP contribution in [0.15, 0.2) is 22.7 Å². The Hall–Kier alpha value is -1.36. The Labute approximate surface area is 139 Å². The van der Waals surface area contributed by atoms with Gasteiger partial charge in [-0.3, -0.25) is 9.59 Å². The summed E-state index contributed by atoms with van der Waals surface area (Å²) in [7, 11) is 0. The van der Waals surface area contributed by atoms with Gasteiger partial charge in [0.1, 0.15) is 0 Å². The maximum absolute atomic E-state index is 12.4. The molecule has 22 heavy (non-hydrogen) atoms. The normalized spacial score (nSPS) is 24.0. The van der Waals surface area contributed by atoms with Crippen LogP contribution in [0.5, 0.6) is 0 Å². The number of amides is 2. The highest BCUT2D eigenvalue weighted by Crippen LogP contribution is 2.41. The van der Waals surface area contributed by atoms with E-state index in [-0.39, 0.29) is 23.7 Å². The van der Waals surface area contributed by atoms with E-state index in [2.05, 4.69) is 21.2 Å². The van der Waals surface area contributed by atoms with Crippen LogP contribution in [0.25, 0.3) is 0 Å². The van der Waals surface area contributed by atoms with Crippen molar-refractivity contribution in [1.29, 1.82) is 0 Å². The first kappa shape index (κ1) is 15.5. The second kappa shape index (κ2) is 6.41. The van der Waals surface area contributed by atoms with E-state index < -0.39 is 0 Å². The smallest absolute Gasteiger partial charge is 0.228 e. The lowest BCUT2D eigenvalue weighted by atomic mass is 10.1. The zero-order chi connectivity index (χ0) is 15.7. The van der Waals surface area contributed by atoms with E-state index in [1.807, 2.05) is 30.0 Å². The fourth-order valence-corrected chi connectivity index (χ4v) is 3.65. The van der Waals surface area contributed by atoms with Crippen molar-refractivity contribution in [3.8, 4) is 0 Å². The molecule has 0 bridgehead atoms. The number of halogens is 1. The summed E-state index contributed by atoms with van der Waals surface area (Å²) in [4.78, 5) is 26.6. The molecule has 1 heterocycles. The fourth-order valence-electron chi connectivity index (χ4n) is 3.05. The highest BCUT2D eigenvalue weighted by Gasteiger charge is 2.49. The molecule has 0 spiro atoms. The van der Waals surface area contributed by atoms with E-state index in [9.17, 15) is 9.59 Å². The van der Waals surface area contributed by atoms with Crippen molar-refractivity contribution >= 4 is 33.4 Å². The van der Waals surface area contributed by atoms with Crippen molar-refractivity contribution < 1.29 is 9.59 Å². The van der Waals surface area contributed by atoms with E-state index >= 15 is 0 Å². The summed E-state index contributed by atoms with van der Waals surface area (Å²) >= 11 is 3.46. The number of anilines is 1. The van der Waals surface area contributed by atoms with Crippen molar-refractivity contribution in [2.45, 2.75) is 32.6 Å². The molecule has 1 aliphatic carbocycles. The number of benzene rings is 1. The molecule has 3 rings (SSSR count). The van der Waals surface area contributed by atoms with Crippen LogP contribution in [0.1, 0.15) is 31.2 Å². The number of piperidine rings is 1. The average molecular weight is 365 g/mol. The molecule has 1 saturated carbocycles.